The molecule has 4 N–H and O–H groups in total. The number of fused-ring (bicyclic) bond motifs is 2. The van der Waals surface area contributed by atoms with Gasteiger partial charge in [0, 0.05) is 23.7 Å². The smallest absolute Gasteiger partial charge is 0.253 e. The monoisotopic (exact) mass is 576 g/mol. The normalized spacial score (nSPS) is 13.8. The average Bonchev–Trinajstić information content (AvgIpc) is 3.44. The van der Waals surface area contributed by atoms with Crippen molar-refractivity contribution in [3.05, 3.63) is 124 Å². The standard InChI is InChI=1S/C34H26F2N4O3/c1-18-2-5-20(33(42)40-34(13-14-34)28-11-9-24-25(39-28)12-15-38-24)17-23(18)22-8-10-26-29(31(22)36)30(32(37)41)27(43-26)16-19-3-6-21(35)7-4-19/h2-12,15,17,38H,13-14,16H2,1H3,(H2,37,41)(H,40,42). The molecule has 3 heterocycles. The predicted octanol–water partition coefficient (Wildman–Crippen LogP) is 6.67. The minimum atomic E-state index is -0.835. The van der Waals surface area contributed by atoms with Crippen molar-refractivity contribution in [3.63, 3.8) is 0 Å². The number of nitrogens with zero attached hydrogens (tertiary/aromatic N) is 1. The number of hydrogen-bond acceptors (Lipinski definition) is 4. The average molecular weight is 577 g/mol. The second-order valence-electron chi connectivity index (χ2n) is 11.0. The number of H-pyrrole nitrogens is 1. The minimum Gasteiger partial charge on any atom is -0.460 e. The predicted molar refractivity (Wildman–Crippen MR) is 159 cm³/mol. The summed E-state index contributed by atoms with van der Waals surface area (Å²) >= 11 is 0. The number of nitrogens with one attached hydrogen (secondary N) is 2. The van der Waals surface area contributed by atoms with E-state index in [0.717, 1.165) is 35.1 Å². The molecule has 1 aliphatic rings. The Balaban J connectivity index is 1.23. The third-order valence-electron chi connectivity index (χ3n) is 8.18. The van der Waals surface area contributed by atoms with Crippen molar-refractivity contribution >= 4 is 33.8 Å². The highest BCUT2D eigenvalue weighted by atomic mass is 19.1. The second kappa shape index (κ2) is 9.90. The minimum absolute atomic E-state index is 0.0282. The highest BCUT2D eigenvalue weighted by Gasteiger charge is 2.47. The molecular weight excluding hydrogens is 550 g/mol. The van der Waals surface area contributed by atoms with Crippen LogP contribution in [0.5, 0.6) is 0 Å². The number of aromatic nitrogens is 2. The van der Waals surface area contributed by atoms with Gasteiger partial charge in [-0.25, -0.2) is 13.8 Å². The summed E-state index contributed by atoms with van der Waals surface area (Å²) in [5.41, 5.74) is 10.3. The van der Waals surface area contributed by atoms with E-state index in [0.29, 0.717) is 16.7 Å². The number of carbonyl (C=O) groups excluding carboxylic acids is 2. The van der Waals surface area contributed by atoms with Crippen LogP contribution in [0.4, 0.5) is 8.78 Å². The number of hydrogen-bond donors (Lipinski definition) is 3. The van der Waals surface area contributed by atoms with Crippen LogP contribution < -0.4 is 11.1 Å². The van der Waals surface area contributed by atoms with Crippen LogP contribution in [0.3, 0.4) is 0 Å². The summed E-state index contributed by atoms with van der Waals surface area (Å²) in [7, 11) is 0. The number of rotatable bonds is 7. The lowest BCUT2D eigenvalue weighted by atomic mass is 9.95. The van der Waals surface area contributed by atoms with Crippen LogP contribution in [0, 0.1) is 18.6 Å². The maximum atomic E-state index is 16.3. The maximum Gasteiger partial charge on any atom is 0.253 e. The van der Waals surface area contributed by atoms with E-state index in [9.17, 15) is 14.0 Å². The molecule has 214 valence electrons. The zero-order valence-corrected chi connectivity index (χ0v) is 23.1. The number of furan rings is 1. The van der Waals surface area contributed by atoms with E-state index in [1.807, 2.05) is 31.3 Å². The molecule has 3 aromatic carbocycles. The van der Waals surface area contributed by atoms with Crippen LogP contribution in [0.25, 0.3) is 33.1 Å². The number of pyridine rings is 1. The Morgan fingerprint density at radius 3 is 2.53 bits per heavy atom. The molecule has 9 heteroatoms. The molecule has 43 heavy (non-hydrogen) atoms. The van der Waals surface area contributed by atoms with Gasteiger partial charge in [-0.2, -0.15) is 0 Å². The molecule has 0 aliphatic heterocycles. The molecule has 7 nitrogen and oxygen atoms in total. The van der Waals surface area contributed by atoms with Gasteiger partial charge in [0.05, 0.1) is 33.2 Å². The molecule has 6 aromatic rings. The molecule has 0 radical (unpaired) electrons. The summed E-state index contributed by atoms with van der Waals surface area (Å²) < 4.78 is 35.5. The van der Waals surface area contributed by atoms with Crippen molar-refractivity contribution in [2.75, 3.05) is 0 Å². The topological polar surface area (TPSA) is 114 Å². The van der Waals surface area contributed by atoms with Gasteiger partial charge in [0.1, 0.15) is 23.0 Å². The van der Waals surface area contributed by atoms with Crippen molar-refractivity contribution in [1.82, 2.24) is 15.3 Å². The lowest BCUT2D eigenvalue weighted by Gasteiger charge is -2.18. The van der Waals surface area contributed by atoms with Crippen LogP contribution in [-0.2, 0) is 12.0 Å². The van der Waals surface area contributed by atoms with Gasteiger partial charge in [0.25, 0.3) is 11.8 Å². The fourth-order valence-corrected chi connectivity index (χ4v) is 5.69. The lowest BCUT2D eigenvalue weighted by molar-refractivity contribution is 0.0929. The molecule has 7 rings (SSSR count). The molecular formula is C34H26F2N4O3. The second-order valence-corrected chi connectivity index (χ2v) is 11.0. The number of nitrogens with two attached hydrogens (primary N) is 1. The van der Waals surface area contributed by atoms with Crippen LogP contribution in [0.1, 0.15) is 56.1 Å². The quantitative estimate of drug-likeness (QED) is 0.197. The van der Waals surface area contributed by atoms with Crippen molar-refractivity contribution in [2.24, 2.45) is 5.73 Å². The summed E-state index contributed by atoms with van der Waals surface area (Å²) in [6.45, 7) is 1.82. The summed E-state index contributed by atoms with van der Waals surface area (Å²) in [5.74, 6) is -2.01. The first-order chi connectivity index (χ1) is 20.7. The van der Waals surface area contributed by atoms with E-state index in [1.54, 1.807) is 42.5 Å². The van der Waals surface area contributed by atoms with E-state index in [1.165, 1.54) is 12.1 Å². The molecule has 1 aliphatic carbocycles. The maximum absolute atomic E-state index is 16.3. The third kappa shape index (κ3) is 4.63. The highest BCUT2D eigenvalue weighted by molar-refractivity contribution is 6.08. The number of primary amides is 1. The zero-order chi connectivity index (χ0) is 29.9. The van der Waals surface area contributed by atoms with Crippen molar-refractivity contribution in [2.45, 2.75) is 31.7 Å². The zero-order valence-electron chi connectivity index (χ0n) is 23.1. The van der Waals surface area contributed by atoms with Gasteiger partial charge in [-0.15, -0.1) is 0 Å². The van der Waals surface area contributed by atoms with Crippen molar-refractivity contribution < 1.29 is 22.8 Å². The lowest BCUT2D eigenvalue weighted by Crippen LogP contribution is -2.35. The van der Waals surface area contributed by atoms with Crippen molar-refractivity contribution in [3.8, 4) is 11.1 Å². The van der Waals surface area contributed by atoms with Crippen LogP contribution in [0.2, 0.25) is 0 Å². The molecule has 0 saturated heterocycles. The molecule has 1 fully saturated rings. The number of halogens is 2. The fraction of sp³-hybridized carbons (Fsp3) is 0.147. The first kappa shape index (κ1) is 26.6. The van der Waals surface area contributed by atoms with Crippen molar-refractivity contribution in [1.29, 1.82) is 0 Å². The molecule has 3 aromatic heterocycles. The number of benzene rings is 3. The van der Waals surface area contributed by atoms with Gasteiger partial charge < -0.3 is 20.5 Å². The summed E-state index contributed by atoms with van der Waals surface area (Å²) in [6, 6.07) is 19.8. The third-order valence-corrected chi connectivity index (χ3v) is 8.18. The Morgan fingerprint density at radius 1 is 1.00 bits per heavy atom. The molecule has 0 unspecified atom stereocenters. The molecule has 0 bridgehead atoms. The highest BCUT2D eigenvalue weighted by Crippen LogP contribution is 2.45. The Bertz CT molecular complexity index is 2070. The number of carbonyl (C=O) groups is 2. The molecule has 1 saturated carbocycles. The van der Waals surface area contributed by atoms with E-state index in [4.69, 9.17) is 15.1 Å². The fourth-order valence-electron chi connectivity index (χ4n) is 5.69. The Kier molecular flexibility index (Phi) is 6.12. The van der Waals surface area contributed by atoms with Crippen LogP contribution in [0.15, 0.2) is 83.4 Å². The summed E-state index contributed by atoms with van der Waals surface area (Å²) in [4.78, 5) is 33.9. The summed E-state index contributed by atoms with van der Waals surface area (Å²) in [5, 5.41) is 3.12. The van der Waals surface area contributed by atoms with Gasteiger partial charge in [-0.3, -0.25) is 9.59 Å². The molecule has 2 amide bonds. The van der Waals surface area contributed by atoms with Gasteiger partial charge in [-0.05, 0) is 91.1 Å². The number of aromatic amines is 1. The SMILES string of the molecule is Cc1ccc(C(=O)NC2(c3ccc4[nH]ccc4n3)CC2)cc1-c1ccc2oc(Cc3ccc(F)cc3)c(C(N)=O)c2c1F. The van der Waals surface area contributed by atoms with E-state index in [-0.39, 0.29) is 40.2 Å². The molecule has 0 spiro atoms. The Hall–Kier alpha value is -5.31. The van der Waals surface area contributed by atoms with Gasteiger partial charge in [-0.1, -0.05) is 18.2 Å². The first-order valence-electron chi connectivity index (χ1n) is 13.9. The van der Waals surface area contributed by atoms with E-state index in [2.05, 4.69) is 10.3 Å². The number of aryl methyl sites for hydroxylation is 1. The van der Waals surface area contributed by atoms with Gasteiger partial charge in [0.15, 0.2) is 0 Å². The summed E-state index contributed by atoms with van der Waals surface area (Å²) in [6.07, 6.45) is 3.49. The Labute approximate surface area is 244 Å². The van der Waals surface area contributed by atoms with E-state index >= 15 is 4.39 Å². The Morgan fingerprint density at radius 2 is 1.79 bits per heavy atom. The largest absolute Gasteiger partial charge is 0.460 e. The van der Waals surface area contributed by atoms with Gasteiger partial charge >= 0.3 is 0 Å². The molecule has 0 atom stereocenters. The van der Waals surface area contributed by atoms with Crippen LogP contribution in [-0.4, -0.2) is 21.8 Å². The number of amides is 2. The van der Waals surface area contributed by atoms with E-state index < -0.39 is 23.1 Å². The first-order valence-corrected chi connectivity index (χ1v) is 13.9. The van der Waals surface area contributed by atoms with Crippen LogP contribution >= 0.6 is 0 Å². The van der Waals surface area contributed by atoms with Gasteiger partial charge in [0.2, 0.25) is 0 Å².